The van der Waals surface area contributed by atoms with Gasteiger partial charge in [-0.2, -0.15) is 0 Å². The van der Waals surface area contributed by atoms with E-state index in [1.165, 1.54) is 18.4 Å². The van der Waals surface area contributed by atoms with Gasteiger partial charge in [0.15, 0.2) is 0 Å². The summed E-state index contributed by atoms with van der Waals surface area (Å²) in [7, 11) is 0. The van der Waals surface area contributed by atoms with Crippen molar-refractivity contribution in [1.82, 2.24) is 10.2 Å². The molecular formula is C15H24N2O3. The van der Waals surface area contributed by atoms with Crippen molar-refractivity contribution < 1.29 is 14.3 Å². The van der Waals surface area contributed by atoms with Crippen molar-refractivity contribution >= 4 is 12.0 Å². The van der Waals surface area contributed by atoms with Crippen LogP contribution in [0.1, 0.15) is 45.4 Å². The minimum atomic E-state index is -0.181. The predicted octanol–water partition coefficient (Wildman–Crippen LogP) is 2.43. The first-order chi connectivity index (χ1) is 9.70. The number of nitrogens with zero attached hydrogens (tertiary/aromatic N) is 1. The lowest BCUT2D eigenvalue weighted by Gasteiger charge is -2.31. The number of allylic oxidation sites excluding steroid dienone is 1. The van der Waals surface area contributed by atoms with Crippen LogP contribution in [-0.4, -0.2) is 36.6 Å². The van der Waals surface area contributed by atoms with Crippen molar-refractivity contribution in [2.24, 2.45) is 5.92 Å². The summed E-state index contributed by atoms with van der Waals surface area (Å²) in [5.41, 5.74) is 1.32. The van der Waals surface area contributed by atoms with E-state index in [1.807, 2.05) is 6.20 Å². The topological polar surface area (TPSA) is 58.6 Å². The van der Waals surface area contributed by atoms with Gasteiger partial charge in [0, 0.05) is 19.3 Å². The maximum atomic E-state index is 12.1. The molecule has 0 bridgehead atoms. The van der Waals surface area contributed by atoms with E-state index in [2.05, 4.69) is 5.32 Å². The molecule has 5 nitrogen and oxygen atoms in total. The van der Waals surface area contributed by atoms with Crippen LogP contribution in [0.15, 0.2) is 11.8 Å². The lowest BCUT2D eigenvalue weighted by atomic mass is 9.98. The molecule has 2 fully saturated rings. The van der Waals surface area contributed by atoms with Crippen molar-refractivity contribution in [2.75, 3.05) is 19.7 Å². The van der Waals surface area contributed by atoms with Crippen LogP contribution in [0.25, 0.3) is 0 Å². The Balaban J connectivity index is 1.83. The van der Waals surface area contributed by atoms with E-state index in [0.717, 1.165) is 25.7 Å². The fourth-order valence-corrected chi connectivity index (χ4v) is 2.84. The van der Waals surface area contributed by atoms with E-state index in [0.29, 0.717) is 19.7 Å². The molecule has 1 atom stereocenters. The Morgan fingerprint density at radius 3 is 2.80 bits per heavy atom. The molecule has 0 aromatic heterocycles. The van der Waals surface area contributed by atoms with Gasteiger partial charge in [-0.3, -0.25) is 4.79 Å². The standard InChI is InChI=1S/C15H24N2O3/c1-2-20-14(18)13-8-5-9-17(11-13)15(19)16-10-12-6-3-4-7-12/h10,13H,2-9,11H2,1H3,(H,16,19). The van der Waals surface area contributed by atoms with Crippen LogP contribution in [0.4, 0.5) is 4.79 Å². The van der Waals surface area contributed by atoms with Crippen LogP contribution in [-0.2, 0) is 9.53 Å². The summed E-state index contributed by atoms with van der Waals surface area (Å²) in [5, 5.41) is 2.86. The first-order valence-corrected chi connectivity index (χ1v) is 7.60. The second-order valence-corrected chi connectivity index (χ2v) is 5.50. The molecule has 2 aliphatic rings. The molecule has 0 spiro atoms. The molecule has 1 heterocycles. The van der Waals surface area contributed by atoms with E-state index in [1.54, 1.807) is 11.8 Å². The molecule has 1 aliphatic heterocycles. The molecule has 112 valence electrons. The molecule has 0 radical (unpaired) electrons. The van der Waals surface area contributed by atoms with Crippen LogP contribution in [0.5, 0.6) is 0 Å². The number of hydrogen-bond donors (Lipinski definition) is 1. The fraction of sp³-hybridized carbons (Fsp3) is 0.733. The third kappa shape index (κ3) is 3.99. The van der Waals surface area contributed by atoms with Gasteiger partial charge in [0.2, 0.25) is 0 Å². The lowest BCUT2D eigenvalue weighted by Crippen LogP contribution is -2.46. The van der Waals surface area contributed by atoms with E-state index >= 15 is 0 Å². The van der Waals surface area contributed by atoms with Crippen LogP contribution < -0.4 is 5.32 Å². The number of likely N-dealkylation sites (tertiary alicyclic amines) is 1. The van der Waals surface area contributed by atoms with Gasteiger partial charge in [-0.05, 0) is 45.4 Å². The van der Waals surface area contributed by atoms with Gasteiger partial charge in [-0.25, -0.2) is 4.79 Å². The molecule has 20 heavy (non-hydrogen) atoms. The highest BCUT2D eigenvalue weighted by molar-refractivity contribution is 5.78. The Morgan fingerprint density at radius 2 is 2.10 bits per heavy atom. The van der Waals surface area contributed by atoms with Gasteiger partial charge < -0.3 is 15.0 Å². The second kappa shape index (κ2) is 7.31. The van der Waals surface area contributed by atoms with Gasteiger partial charge in [0.05, 0.1) is 12.5 Å². The van der Waals surface area contributed by atoms with Gasteiger partial charge >= 0.3 is 12.0 Å². The molecular weight excluding hydrogens is 256 g/mol. The lowest BCUT2D eigenvalue weighted by molar-refractivity contribution is -0.149. The molecule has 5 heteroatoms. The number of piperidine rings is 1. The Kier molecular flexibility index (Phi) is 5.44. The number of carbonyl (C=O) groups is 2. The summed E-state index contributed by atoms with van der Waals surface area (Å²) >= 11 is 0. The molecule has 1 aliphatic carbocycles. The Bertz CT molecular complexity index is 385. The van der Waals surface area contributed by atoms with Crippen molar-refractivity contribution in [1.29, 1.82) is 0 Å². The summed E-state index contributed by atoms with van der Waals surface area (Å²) in [6.07, 6.45) is 8.13. The summed E-state index contributed by atoms with van der Waals surface area (Å²) in [6.45, 7) is 3.38. The highest BCUT2D eigenvalue weighted by atomic mass is 16.5. The summed E-state index contributed by atoms with van der Waals surface area (Å²) in [4.78, 5) is 25.6. The molecule has 0 aromatic carbocycles. The monoisotopic (exact) mass is 280 g/mol. The average Bonchev–Trinajstić information content (AvgIpc) is 2.98. The minimum absolute atomic E-state index is 0.0987. The van der Waals surface area contributed by atoms with Crippen molar-refractivity contribution in [3.63, 3.8) is 0 Å². The molecule has 0 aromatic rings. The van der Waals surface area contributed by atoms with E-state index in [9.17, 15) is 9.59 Å². The first-order valence-electron chi connectivity index (χ1n) is 7.60. The maximum Gasteiger partial charge on any atom is 0.321 e. The van der Waals surface area contributed by atoms with Crippen molar-refractivity contribution in [3.05, 3.63) is 11.8 Å². The summed E-state index contributed by atoms with van der Waals surface area (Å²) < 4.78 is 5.04. The number of carbonyl (C=O) groups excluding carboxylic acids is 2. The second-order valence-electron chi connectivity index (χ2n) is 5.50. The van der Waals surface area contributed by atoms with E-state index < -0.39 is 0 Å². The minimum Gasteiger partial charge on any atom is -0.466 e. The number of hydrogen-bond acceptors (Lipinski definition) is 3. The maximum absolute atomic E-state index is 12.1. The number of amides is 2. The molecule has 1 saturated carbocycles. The zero-order valence-electron chi connectivity index (χ0n) is 12.2. The highest BCUT2D eigenvalue weighted by Gasteiger charge is 2.29. The van der Waals surface area contributed by atoms with Crippen molar-refractivity contribution in [2.45, 2.75) is 45.4 Å². The molecule has 2 amide bonds. The van der Waals surface area contributed by atoms with Crippen LogP contribution >= 0.6 is 0 Å². The zero-order chi connectivity index (χ0) is 14.4. The predicted molar refractivity (Wildman–Crippen MR) is 76.0 cm³/mol. The molecule has 2 rings (SSSR count). The van der Waals surface area contributed by atoms with Crippen LogP contribution in [0.2, 0.25) is 0 Å². The Hall–Kier alpha value is -1.52. The Labute approximate surface area is 120 Å². The summed E-state index contributed by atoms with van der Waals surface area (Å²) in [5.74, 6) is -0.354. The quantitative estimate of drug-likeness (QED) is 0.808. The summed E-state index contributed by atoms with van der Waals surface area (Å²) in [6, 6.07) is -0.0987. The molecule has 1 saturated heterocycles. The molecule has 1 unspecified atom stereocenters. The third-order valence-electron chi connectivity index (χ3n) is 3.97. The van der Waals surface area contributed by atoms with Gasteiger partial charge in [0.25, 0.3) is 0 Å². The SMILES string of the molecule is CCOC(=O)C1CCCN(C(=O)NC=C2CCCC2)C1. The highest BCUT2D eigenvalue weighted by Crippen LogP contribution is 2.23. The van der Waals surface area contributed by atoms with Crippen LogP contribution in [0.3, 0.4) is 0 Å². The molecule has 1 N–H and O–H groups in total. The number of urea groups is 1. The first kappa shape index (κ1) is 14.9. The Morgan fingerprint density at radius 1 is 1.35 bits per heavy atom. The van der Waals surface area contributed by atoms with E-state index in [4.69, 9.17) is 4.74 Å². The third-order valence-corrected chi connectivity index (χ3v) is 3.97. The van der Waals surface area contributed by atoms with Gasteiger partial charge in [-0.1, -0.05) is 5.57 Å². The number of esters is 1. The van der Waals surface area contributed by atoms with Gasteiger partial charge in [-0.15, -0.1) is 0 Å². The fourth-order valence-electron chi connectivity index (χ4n) is 2.84. The zero-order valence-corrected chi connectivity index (χ0v) is 12.2. The number of ether oxygens (including phenoxy) is 1. The largest absolute Gasteiger partial charge is 0.466 e. The number of nitrogens with one attached hydrogen (secondary N) is 1. The number of rotatable bonds is 3. The van der Waals surface area contributed by atoms with Crippen molar-refractivity contribution in [3.8, 4) is 0 Å². The van der Waals surface area contributed by atoms with Gasteiger partial charge in [0.1, 0.15) is 0 Å². The van der Waals surface area contributed by atoms with E-state index in [-0.39, 0.29) is 17.9 Å². The normalized spacial score (nSPS) is 22.6. The smallest absolute Gasteiger partial charge is 0.321 e. The van der Waals surface area contributed by atoms with Crippen LogP contribution in [0, 0.1) is 5.92 Å². The average molecular weight is 280 g/mol.